The highest BCUT2D eigenvalue weighted by atomic mass is 19.1. The Morgan fingerprint density at radius 3 is 2.50 bits per heavy atom. The molecule has 0 aliphatic carbocycles. The minimum atomic E-state index is -0.138. The summed E-state index contributed by atoms with van der Waals surface area (Å²) in [4.78, 5) is 17.1. The molecule has 2 aliphatic rings. The monoisotopic (exact) mass is 361 g/mol. The van der Waals surface area contributed by atoms with Gasteiger partial charge in [-0.25, -0.2) is 4.39 Å². The van der Waals surface area contributed by atoms with Crippen molar-refractivity contribution < 1.29 is 9.18 Å². The van der Waals surface area contributed by atoms with Crippen molar-refractivity contribution in [3.05, 3.63) is 35.6 Å². The third kappa shape index (κ3) is 5.78. The number of benzene rings is 1. The number of likely N-dealkylation sites (tertiary alicyclic amines) is 2. The van der Waals surface area contributed by atoms with Gasteiger partial charge >= 0.3 is 0 Å². The summed E-state index contributed by atoms with van der Waals surface area (Å²) in [5.74, 6) is 0.178. The molecule has 2 heterocycles. The maximum absolute atomic E-state index is 13.8. The fourth-order valence-electron chi connectivity index (χ4n) is 4.06. The summed E-state index contributed by atoms with van der Waals surface area (Å²) in [5, 5.41) is 3.12. The number of amides is 1. The zero-order valence-corrected chi connectivity index (χ0v) is 15.8. The van der Waals surface area contributed by atoms with Gasteiger partial charge in [0.1, 0.15) is 5.82 Å². The minimum Gasteiger partial charge on any atom is -0.356 e. The average Bonchev–Trinajstić information content (AvgIpc) is 2.68. The van der Waals surface area contributed by atoms with Gasteiger partial charge in [0, 0.05) is 24.6 Å². The van der Waals surface area contributed by atoms with Crippen LogP contribution in [0.5, 0.6) is 0 Å². The van der Waals surface area contributed by atoms with Crippen LogP contribution in [0.15, 0.2) is 24.3 Å². The summed E-state index contributed by atoms with van der Waals surface area (Å²) in [7, 11) is 0. The Labute approximate surface area is 156 Å². The van der Waals surface area contributed by atoms with Crippen molar-refractivity contribution in [3.63, 3.8) is 0 Å². The Kier molecular flexibility index (Phi) is 7.44. The molecule has 3 rings (SSSR count). The molecular weight excluding hydrogens is 329 g/mol. The topological polar surface area (TPSA) is 35.6 Å². The molecule has 1 amide bonds. The molecule has 0 unspecified atom stereocenters. The van der Waals surface area contributed by atoms with Crippen molar-refractivity contribution >= 4 is 5.91 Å². The predicted molar refractivity (Wildman–Crippen MR) is 102 cm³/mol. The van der Waals surface area contributed by atoms with Gasteiger partial charge in [0.05, 0.1) is 0 Å². The maximum atomic E-state index is 13.8. The molecule has 0 saturated carbocycles. The first-order valence-corrected chi connectivity index (χ1v) is 10.2. The Hall–Kier alpha value is -1.46. The molecule has 0 spiro atoms. The van der Waals surface area contributed by atoms with Crippen LogP contribution in [0.2, 0.25) is 0 Å². The molecule has 5 heteroatoms. The molecule has 144 valence electrons. The lowest BCUT2D eigenvalue weighted by molar-refractivity contribution is -0.126. The van der Waals surface area contributed by atoms with Gasteiger partial charge in [0.25, 0.3) is 0 Å². The smallest absolute Gasteiger partial charge is 0.223 e. The summed E-state index contributed by atoms with van der Waals surface area (Å²) >= 11 is 0. The van der Waals surface area contributed by atoms with Crippen LogP contribution in [-0.4, -0.2) is 55.0 Å². The Morgan fingerprint density at radius 2 is 1.77 bits per heavy atom. The molecule has 4 nitrogen and oxygen atoms in total. The molecule has 1 N–H and O–H groups in total. The number of hydrogen-bond donors (Lipinski definition) is 1. The predicted octanol–water partition coefficient (Wildman–Crippen LogP) is 3.03. The lowest BCUT2D eigenvalue weighted by Crippen LogP contribution is -2.41. The minimum absolute atomic E-state index is 0.113. The molecule has 2 saturated heterocycles. The van der Waals surface area contributed by atoms with Crippen LogP contribution in [0.3, 0.4) is 0 Å². The van der Waals surface area contributed by atoms with Gasteiger partial charge in [-0.15, -0.1) is 0 Å². The van der Waals surface area contributed by atoms with E-state index >= 15 is 0 Å². The molecular formula is C21H32FN3O. The highest BCUT2D eigenvalue weighted by molar-refractivity contribution is 5.78. The zero-order valence-electron chi connectivity index (χ0n) is 15.8. The van der Waals surface area contributed by atoms with E-state index < -0.39 is 0 Å². The van der Waals surface area contributed by atoms with Crippen LogP contribution < -0.4 is 5.32 Å². The van der Waals surface area contributed by atoms with Gasteiger partial charge in [0.2, 0.25) is 5.91 Å². The Balaban J connectivity index is 1.31. The van der Waals surface area contributed by atoms with Crippen molar-refractivity contribution in [2.45, 2.75) is 45.1 Å². The van der Waals surface area contributed by atoms with E-state index in [1.807, 2.05) is 12.1 Å². The van der Waals surface area contributed by atoms with Crippen molar-refractivity contribution in [3.8, 4) is 0 Å². The first-order valence-electron chi connectivity index (χ1n) is 10.2. The molecule has 1 aromatic carbocycles. The number of hydrogen-bond acceptors (Lipinski definition) is 3. The molecule has 2 fully saturated rings. The zero-order chi connectivity index (χ0) is 18.2. The van der Waals surface area contributed by atoms with Crippen LogP contribution >= 0.6 is 0 Å². The highest BCUT2D eigenvalue weighted by Gasteiger charge is 2.25. The lowest BCUT2D eigenvalue weighted by Gasteiger charge is -2.31. The van der Waals surface area contributed by atoms with E-state index in [2.05, 4.69) is 15.1 Å². The third-order valence-electron chi connectivity index (χ3n) is 5.71. The standard InChI is InChI=1S/C21H32FN3O/c22-20-8-3-2-7-19(20)17-25-15-9-18(10-16-25)21(26)23-11-6-14-24-12-4-1-5-13-24/h2-3,7-8,18H,1,4-6,9-17H2,(H,23,26). The summed E-state index contributed by atoms with van der Waals surface area (Å²) in [5.41, 5.74) is 0.744. The van der Waals surface area contributed by atoms with E-state index in [0.717, 1.165) is 51.0 Å². The van der Waals surface area contributed by atoms with Crippen LogP contribution in [0.4, 0.5) is 4.39 Å². The van der Waals surface area contributed by atoms with E-state index in [0.29, 0.717) is 6.54 Å². The number of carbonyl (C=O) groups excluding carboxylic acids is 1. The number of halogens is 1. The van der Waals surface area contributed by atoms with Crippen LogP contribution in [-0.2, 0) is 11.3 Å². The van der Waals surface area contributed by atoms with Crippen LogP contribution in [0.25, 0.3) is 0 Å². The van der Waals surface area contributed by atoms with Gasteiger partial charge in [-0.2, -0.15) is 0 Å². The Bertz CT molecular complexity index is 566. The fraction of sp³-hybridized carbons (Fsp3) is 0.667. The molecule has 1 aromatic rings. The second-order valence-electron chi connectivity index (χ2n) is 7.69. The molecule has 2 aliphatic heterocycles. The molecule has 0 atom stereocenters. The third-order valence-corrected chi connectivity index (χ3v) is 5.71. The number of carbonyl (C=O) groups is 1. The van der Waals surface area contributed by atoms with Crippen molar-refractivity contribution in [1.29, 1.82) is 0 Å². The summed E-state index contributed by atoms with van der Waals surface area (Å²) < 4.78 is 13.8. The number of nitrogens with one attached hydrogen (secondary N) is 1. The van der Waals surface area contributed by atoms with Crippen molar-refractivity contribution in [2.75, 3.05) is 39.3 Å². The van der Waals surface area contributed by atoms with Gasteiger partial charge < -0.3 is 10.2 Å². The normalized spacial score (nSPS) is 20.2. The SMILES string of the molecule is O=C(NCCCN1CCCCC1)C1CCN(Cc2ccccc2F)CC1. The molecule has 0 bridgehead atoms. The second kappa shape index (κ2) is 10.0. The first-order chi connectivity index (χ1) is 12.7. The fourth-order valence-corrected chi connectivity index (χ4v) is 4.06. The number of rotatable bonds is 7. The van der Waals surface area contributed by atoms with Crippen LogP contribution in [0, 0.1) is 11.7 Å². The van der Waals surface area contributed by atoms with E-state index in [1.54, 1.807) is 6.07 Å². The average molecular weight is 362 g/mol. The van der Waals surface area contributed by atoms with Crippen molar-refractivity contribution in [2.24, 2.45) is 5.92 Å². The van der Waals surface area contributed by atoms with E-state index in [-0.39, 0.29) is 17.6 Å². The number of nitrogens with zero attached hydrogens (tertiary/aromatic N) is 2. The summed E-state index contributed by atoms with van der Waals surface area (Å²) in [6.45, 7) is 6.67. The second-order valence-corrected chi connectivity index (χ2v) is 7.69. The van der Waals surface area contributed by atoms with Gasteiger partial charge in [0.15, 0.2) is 0 Å². The highest BCUT2D eigenvalue weighted by Crippen LogP contribution is 2.20. The summed E-state index contributed by atoms with van der Waals surface area (Å²) in [6.07, 6.45) is 6.77. The summed E-state index contributed by atoms with van der Waals surface area (Å²) in [6, 6.07) is 6.96. The number of piperidine rings is 2. The first kappa shape index (κ1) is 19.3. The molecule has 0 radical (unpaired) electrons. The largest absolute Gasteiger partial charge is 0.356 e. The van der Waals surface area contributed by atoms with Crippen LogP contribution in [0.1, 0.15) is 44.1 Å². The van der Waals surface area contributed by atoms with Gasteiger partial charge in [-0.05, 0) is 70.9 Å². The Morgan fingerprint density at radius 1 is 1.04 bits per heavy atom. The maximum Gasteiger partial charge on any atom is 0.223 e. The van der Waals surface area contributed by atoms with E-state index in [4.69, 9.17) is 0 Å². The van der Waals surface area contributed by atoms with Gasteiger partial charge in [-0.1, -0.05) is 24.6 Å². The lowest BCUT2D eigenvalue weighted by atomic mass is 9.95. The van der Waals surface area contributed by atoms with Crippen molar-refractivity contribution in [1.82, 2.24) is 15.1 Å². The quantitative estimate of drug-likeness (QED) is 0.759. The van der Waals surface area contributed by atoms with Gasteiger partial charge in [-0.3, -0.25) is 9.69 Å². The molecule has 0 aromatic heterocycles. The van der Waals surface area contributed by atoms with E-state index in [1.165, 1.54) is 38.4 Å². The molecule has 26 heavy (non-hydrogen) atoms. The van der Waals surface area contributed by atoms with E-state index in [9.17, 15) is 9.18 Å².